The topological polar surface area (TPSA) is 90.2 Å². The van der Waals surface area contributed by atoms with Gasteiger partial charge in [0.15, 0.2) is 0 Å². The second-order valence-corrected chi connectivity index (χ2v) is 7.13. The average molecular weight is 382 g/mol. The van der Waals surface area contributed by atoms with Gasteiger partial charge in [-0.2, -0.15) is 13.2 Å². The quantitative estimate of drug-likeness (QED) is 0.505. The Balaban J connectivity index is 2.37. The summed E-state index contributed by atoms with van der Waals surface area (Å²) >= 11 is 0. The lowest BCUT2D eigenvalue weighted by Gasteiger charge is -2.12. The lowest BCUT2D eigenvalue weighted by atomic mass is 10.2. The molecule has 26 heavy (non-hydrogen) atoms. The maximum absolute atomic E-state index is 13.1. The molecule has 0 spiro atoms. The Bertz CT molecular complexity index is 1120. The molecule has 0 aliphatic rings. The van der Waals surface area contributed by atoms with Crippen LogP contribution in [-0.4, -0.2) is 18.3 Å². The average Bonchev–Trinajstić information content (AvgIpc) is 2.59. The Kier molecular flexibility index (Phi) is 4.15. The van der Waals surface area contributed by atoms with Crippen molar-refractivity contribution in [2.45, 2.75) is 16.0 Å². The third-order valence-electron chi connectivity index (χ3n) is 3.66. The van der Waals surface area contributed by atoms with E-state index in [1.54, 1.807) is 18.2 Å². The molecule has 0 aliphatic heterocycles. The molecule has 3 aromatic rings. The first kappa shape index (κ1) is 17.8. The third-order valence-corrected chi connectivity index (χ3v) is 5.48. The molecule has 134 valence electrons. The number of sulfone groups is 1. The Morgan fingerprint density at radius 1 is 0.962 bits per heavy atom. The number of benzene rings is 2. The van der Waals surface area contributed by atoms with Crippen LogP contribution in [0.15, 0.2) is 64.5 Å². The van der Waals surface area contributed by atoms with Gasteiger partial charge < -0.3 is 0 Å². The fraction of sp³-hybridized carbons (Fsp3) is 0.0625. The lowest BCUT2D eigenvalue weighted by molar-refractivity contribution is -0.391. The number of fused-ring (bicyclic) bond motifs is 1. The normalized spacial score (nSPS) is 12.3. The summed E-state index contributed by atoms with van der Waals surface area (Å²) in [4.78, 5) is 12.4. The summed E-state index contributed by atoms with van der Waals surface area (Å²) in [6, 6.07) is 9.31. The molecule has 0 fully saturated rings. The first-order chi connectivity index (χ1) is 12.1. The first-order valence-electron chi connectivity index (χ1n) is 7.07. The van der Waals surface area contributed by atoms with Gasteiger partial charge in [0.2, 0.25) is 9.84 Å². The smallest absolute Gasteiger partial charge is 0.258 e. The number of nitrogens with zero attached hydrogens (tertiary/aromatic N) is 2. The van der Waals surface area contributed by atoms with E-state index in [-0.39, 0.29) is 5.52 Å². The van der Waals surface area contributed by atoms with Gasteiger partial charge >= 0.3 is 11.9 Å². The molecule has 6 nitrogen and oxygen atoms in total. The summed E-state index contributed by atoms with van der Waals surface area (Å²) in [5, 5.41) is 11.7. The van der Waals surface area contributed by atoms with E-state index < -0.39 is 42.0 Å². The maximum atomic E-state index is 13.1. The zero-order valence-corrected chi connectivity index (χ0v) is 13.6. The van der Waals surface area contributed by atoms with Gasteiger partial charge in [0.25, 0.3) is 0 Å². The van der Waals surface area contributed by atoms with Crippen molar-refractivity contribution in [3.8, 4) is 0 Å². The van der Waals surface area contributed by atoms with Crippen molar-refractivity contribution < 1.29 is 26.5 Å². The molecule has 3 rings (SSSR count). The van der Waals surface area contributed by atoms with E-state index in [2.05, 4.69) is 4.98 Å². The van der Waals surface area contributed by atoms with Crippen LogP contribution in [-0.2, 0) is 16.0 Å². The van der Waals surface area contributed by atoms with Crippen LogP contribution >= 0.6 is 0 Å². The number of rotatable bonds is 3. The van der Waals surface area contributed by atoms with Crippen LogP contribution < -0.4 is 0 Å². The maximum Gasteiger partial charge on any atom is 0.423 e. The monoisotopic (exact) mass is 382 g/mol. The summed E-state index contributed by atoms with van der Waals surface area (Å²) in [7, 11) is -4.63. The Labute approximate surface area is 145 Å². The molecule has 0 amide bonds. The van der Waals surface area contributed by atoms with Crippen molar-refractivity contribution in [3.63, 3.8) is 0 Å². The zero-order chi connectivity index (χ0) is 19.1. The summed E-state index contributed by atoms with van der Waals surface area (Å²) < 4.78 is 65.2. The predicted molar refractivity (Wildman–Crippen MR) is 85.3 cm³/mol. The van der Waals surface area contributed by atoms with Crippen LogP contribution in [0.4, 0.5) is 18.9 Å². The van der Waals surface area contributed by atoms with E-state index >= 15 is 0 Å². The minimum atomic E-state index is -5.08. The minimum absolute atomic E-state index is 0.0155. The van der Waals surface area contributed by atoms with E-state index in [1.165, 1.54) is 12.3 Å². The van der Waals surface area contributed by atoms with Gasteiger partial charge in [-0.05, 0) is 24.3 Å². The standard InChI is InChI=1S/C16H9F3N2O4S/c17-16(18,19)11-6-2-8-13(15(11)21(22)23)26(24,25)12-7-1-4-10-5-3-9-20-14(10)12/h1-9H. The molecule has 0 radical (unpaired) electrons. The number of pyridine rings is 1. The van der Waals surface area contributed by atoms with Gasteiger partial charge in [-0.1, -0.05) is 24.3 Å². The second kappa shape index (κ2) is 6.06. The fourth-order valence-electron chi connectivity index (χ4n) is 2.57. The van der Waals surface area contributed by atoms with E-state index in [0.29, 0.717) is 11.5 Å². The Morgan fingerprint density at radius 2 is 1.58 bits per heavy atom. The first-order valence-corrected chi connectivity index (χ1v) is 8.56. The highest BCUT2D eigenvalue weighted by atomic mass is 32.2. The number of halogens is 3. The largest absolute Gasteiger partial charge is 0.423 e. The van der Waals surface area contributed by atoms with E-state index in [4.69, 9.17) is 0 Å². The molecule has 0 N–H and O–H groups in total. The van der Waals surface area contributed by atoms with Gasteiger partial charge in [-0.25, -0.2) is 8.42 Å². The van der Waals surface area contributed by atoms with E-state index in [9.17, 15) is 31.7 Å². The number of aromatic nitrogens is 1. The molecule has 0 atom stereocenters. The molecular weight excluding hydrogens is 373 g/mol. The van der Waals surface area contributed by atoms with Crippen molar-refractivity contribution in [3.05, 3.63) is 70.4 Å². The zero-order valence-electron chi connectivity index (χ0n) is 12.8. The van der Waals surface area contributed by atoms with Crippen molar-refractivity contribution in [2.75, 3.05) is 0 Å². The summed E-state index contributed by atoms with van der Waals surface area (Å²) in [5.74, 6) is 0. The molecule has 2 aromatic carbocycles. The van der Waals surface area contributed by atoms with Crippen LogP contribution in [0.3, 0.4) is 0 Å². The SMILES string of the molecule is O=[N+]([O-])c1c(C(F)(F)F)cccc1S(=O)(=O)c1cccc2cccnc12. The highest BCUT2D eigenvalue weighted by Gasteiger charge is 2.42. The molecule has 0 bridgehead atoms. The number of para-hydroxylation sites is 2. The van der Waals surface area contributed by atoms with Crippen LogP contribution in [0.1, 0.15) is 5.56 Å². The molecular formula is C16H9F3N2O4S. The summed E-state index contributed by atoms with van der Waals surface area (Å²) in [6.07, 6.45) is -3.76. The number of nitro benzene ring substituents is 1. The predicted octanol–water partition coefficient (Wildman–Crippen LogP) is 3.99. The molecule has 0 aliphatic carbocycles. The van der Waals surface area contributed by atoms with Gasteiger partial charge in [-0.3, -0.25) is 15.1 Å². The van der Waals surface area contributed by atoms with E-state index in [1.807, 2.05) is 0 Å². The van der Waals surface area contributed by atoms with Crippen LogP contribution in [0.25, 0.3) is 10.9 Å². The van der Waals surface area contributed by atoms with Crippen molar-refractivity contribution in [1.29, 1.82) is 0 Å². The highest BCUT2D eigenvalue weighted by molar-refractivity contribution is 7.91. The van der Waals surface area contributed by atoms with Gasteiger partial charge in [0, 0.05) is 11.6 Å². The highest BCUT2D eigenvalue weighted by Crippen LogP contribution is 2.41. The molecule has 1 heterocycles. The number of hydrogen-bond donors (Lipinski definition) is 0. The Hall–Kier alpha value is -3.01. The number of hydrogen-bond acceptors (Lipinski definition) is 5. The summed E-state index contributed by atoms with van der Waals surface area (Å²) in [6.45, 7) is 0. The fourth-order valence-corrected chi connectivity index (χ4v) is 4.18. The lowest BCUT2D eigenvalue weighted by Crippen LogP contribution is -2.13. The molecule has 1 aromatic heterocycles. The van der Waals surface area contributed by atoms with Gasteiger partial charge in [-0.15, -0.1) is 0 Å². The van der Waals surface area contributed by atoms with E-state index in [0.717, 1.165) is 18.2 Å². The molecule has 10 heteroatoms. The Morgan fingerprint density at radius 3 is 2.23 bits per heavy atom. The second-order valence-electron chi connectivity index (χ2n) is 5.24. The van der Waals surface area contributed by atoms with Crippen LogP contribution in [0.5, 0.6) is 0 Å². The van der Waals surface area contributed by atoms with Crippen LogP contribution in [0.2, 0.25) is 0 Å². The summed E-state index contributed by atoms with van der Waals surface area (Å²) in [5.41, 5.74) is -3.12. The number of nitro groups is 1. The van der Waals surface area contributed by atoms with Crippen molar-refractivity contribution >= 4 is 26.4 Å². The number of alkyl halides is 3. The molecule has 0 saturated heterocycles. The molecule has 0 saturated carbocycles. The molecule has 0 unspecified atom stereocenters. The van der Waals surface area contributed by atoms with Gasteiger partial charge in [0.05, 0.1) is 15.3 Å². The third kappa shape index (κ3) is 2.88. The van der Waals surface area contributed by atoms with Gasteiger partial charge in [0.1, 0.15) is 10.5 Å². The van der Waals surface area contributed by atoms with Crippen molar-refractivity contribution in [1.82, 2.24) is 4.98 Å². The minimum Gasteiger partial charge on any atom is -0.258 e. The van der Waals surface area contributed by atoms with Crippen LogP contribution in [0, 0.1) is 10.1 Å². The van der Waals surface area contributed by atoms with Crippen molar-refractivity contribution in [2.24, 2.45) is 0 Å².